The lowest BCUT2D eigenvalue weighted by Gasteiger charge is -2.18. The van der Waals surface area contributed by atoms with Crippen LogP contribution < -0.4 is 0 Å². The molecule has 1 aromatic heterocycles. The molecule has 1 fully saturated rings. The van der Waals surface area contributed by atoms with E-state index < -0.39 is 0 Å². The van der Waals surface area contributed by atoms with Crippen molar-refractivity contribution in [1.82, 2.24) is 20.2 Å². The van der Waals surface area contributed by atoms with Crippen molar-refractivity contribution in [2.24, 2.45) is 0 Å². The van der Waals surface area contributed by atoms with Gasteiger partial charge in [0, 0.05) is 17.0 Å². The lowest BCUT2D eigenvalue weighted by molar-refractivity contribution is -0.124. The average molecular weight is 277 g/mol. The summed E-state index contributed by atoms with van der Waals surface area (Å²) in [7, 11) is 0. The second-order valence-corrected chi connectivity index (χ2v) is 5.10. The van der Waals surface area contributed by atoms with Crippen molar-refractivity contribution >= 4 is 17.4 Å². The molecule has 19 heavy (non-hydrogen) atoms. The number of tetrazole rings is 1. The predicted molar refractivity (Wildman–Crippen MR) is 70.8 cm³/mol. The van der Waals surface area contributed by atoms with Gasteiger partial charge in [-0.2, -0.15) is 4.80 Å². The summed E-state index contributed by atoms with van der Waals surface area (Å²) in [6.45, 7) is 0. The van der Waals surface area contributed by atoms with Crippen LogP contribution >= 0.6 is 11.6 Å². The number of Topliss-reactive ketones (excluding diaryl/α,β-unsaturated/α-hetero) is 1. The third kappa shape index (κ3) is 2.51. The van der Waals surface area contributed by atoms with Gasteiger partial charge in [0.1, 0.15) is 6.04 Å². The molecule has 0 bridgehead atoms. The lowest BCUT2D eigenvalue weighted by Crippen LogP contribution is -2.25. The van der Waals surface area contributed by atoms with E-state index in [2.05, 4.69) is 15.4 Å². The Morgan fingerprint density at radius 1 is 1.21 bits per heavy atom. The van der Waals surface area contributed by atoms with Gasteiger partial charge in [0.05, 0.1) is 0 Å². The first-order valence-corrected chi connectivity index (χ1v) is 6.70. The standard InChI is InChI=1S/C13H13ClN4O/c14-10-7-5-9(6-8-10)13-15-17-18(16-13)11-3-1-2-4-12(11)19/h5-8,11H,1-4H2/t11-/m1/s1. The Balaban J connectivity index is 1.86. The number of halogens is 1. The van der Waals surface area contributed by atoms with Gasteiger partial charge in [0.2, 0.25) is 5.82 Å². The highest BCUT2D eigenvalue weighted by molar-refractivity contribution is 6.30. The molecule has 0 saturated heterocycles. The molecule has 0 radical (unpaired) electrons. The average Bonchev–Trinajstić information content (AvgIpc) is 2.89. The number of nitrogens with zero attached hydrogens (tertiary/aromatic N) is 4. The summed E-state index contributed by atoms with van der Waals surface area (Å²) in [6.07, 6.45) is 3.42. The minimum Gasteiger partial charge on any atom is -0.297 e. The Kier molecular flexibility index (Phi) is 3.29. The molecule has 0 unspecified atom stereocenters. The molecule has 2 aromatic rings. The number of carbonyl (C=O) groups is 1. The van der Waals surface area contributed by atoms with Gasteiger partial charge in [-0.1, -0.05) is 18.0 Å². The van der Waals surface area contributed by atoms with Crippen LogP contribution in [0.1, 0.15) is 31.7 Å². The van der Waals surface area contributed by atoms with E-state index in [1.165, 1.54) is 4.80 Å². The van der Waals surface area contributed by atoms with Crippen molar-refractivity contribution < 1.29 is 4.79 Å². The highest BCUT2D eigenvalue weighted by Gasteiger charge is 2.26. The first-order chi connectivity index (χ1) is 9.24. The lowest BCUT2D eigenvalue weighted by atomic mass is 9.95. The molecular formula is C13H13ClN4O. The topological polar surface area (TPSA) is 60.7 Å². The molecule has 0 amide bonds. The minimum absolute atomic E-state index is 0.200. The quantitative estimate of drug-likeness (QED) is 0.846. The van der Waals surface area contributed by atoms with E-state index in [0.717, 1.165) is 24.8 Å². The van der Waals surface area contributed by atoms with Crippen LogP contribution in [-0.2, 0) is 4.79 Å². The maximum atomic E-state index is 11.8. The molecule has 1 aromatic carbocycles. The molecule has 1 aliphatic carbocycles. The normalized spacial score (nSPS) is 19.6. The first kappa shape index (κ1) is 12.3. The van der Waals surface area contributed by atoms with Crippen molar-refractivity contribution in [2.45, 2.75) is 31.7 Å². The Bertz CT molecular complexity index is 593. The van der Waals surface area contributed by atoms with Gasteiger partial charge in [-0.05, 0) is 42.3 Å². The molecule has 1 aliphatic rings. The SMILES string of the molecule is O=C1CCCC[C@H]1n1nnc(-c2ccc(Cl)cc2)n1. The van der Waals surface area contributed by atoms with Gasteiger partial charge in [0.25, 0.3) is 0 Å². The molecule has 5 nitrogen and oxygen atoms in total. The summed E-state index contributed by atoms with van der Waals surface area (Å²) in [6, 6.07) is 6.99. The molecule has 6 heteroatoms. The van der Waals surface area contributed by atoms with Crippen LogP contribution in [0.15, 0.2) is 24.3 Å². The summed E-state index contributed by atoms with van der Waals surface area (Å²) < 4.78 is 0. The molecule has 1 saturated carbocycles. The summed E-state index contributed by atoms with van der Waals surface area (Å²) in [5.41, 5.74) is 0.846. The molecule has 0 spiro atoms. The number of hydrogen-bond donors (Lipinski definition) is 0. The van der Waals surface area contributed by atoms with Crippen molar-refractivity contribution in [1.29, 1.82) is 0 Å². The van der Waals surface area contributed by atoms with Crippen molar-refractivity contribution in [3.8, 4) is 11.4 Å². The van der Waals surface area contributed by atoms with Gasteiger partial charge >= 0.3 is 0 Å². The van der Waals surface area contributed by atoms with Gasteiger partial charge < -0.3 is 0 Å². The van der Waals surface area contributed by atoms with Gasteiger partial charge in [-0.25, -0.2) is 0 Å². The van der Waals surface area contributed by atoms with Crippen molar-refractivity contribution in [2.75, 3.05) is 0 Å². The van der Waals surface area contributed by atoms with Crippen LogP contribution in [0, 0.1) is 0 Å². The Morgan fingerprint density at radius 2 is 2.00 bits per heavy atom. The maximum absolute atomic E-state index is 11.8. The highest BCUT2D eigenvalue weighted by atomic mass is 35.5. The van der Waals surface area contributed by atoms with E-state index in [4.69, 9.17) is 11.6 Å². The van der Waals surface area contributed by atoms with E-state index in [1.807, 2.05) is 12.1 Å². The predicted octanol–water partition coefficient (Wildman–Crippen LogP) is 2.68. The fourth-order valence-electron chi connectivity index (χ4n) is 2.28. The third-order valence-corrected chi connectivity index (χ3v) is 3.58. The van der Waals surface area contributed by atoms with E-state index in [1.54, 1.807) is 12.1 Å². The number of hydrogen-bond acceptors (Lipinski definition) is 4. The van der Waals surface area contributed by atoms with Crippen molar-refractivity contribution in [3.63, 3.8) is 0 Å². The van der Waals surface area contributed by atoms with Crippen LogP contribution in [0.5, 0.6) is 0 Å². The van der Waals surface area contributed by atoms with Crippen molar-refractivity contribution in [3.05, 3.63) is 29.3 Å². The number of ketones is 1. The smallest absolute Gasteiger partial charge is 0.204 e. The first-order valence-electron chi connectivity index (χ1n) is 6.32. The summed E-state index contributed by atoms with van der Waals surface area (Å²) in [4.78, 5) is 13.3. The van der Waals surface area contributed by atoms with Crippen LogP contribution in [-0.4, -0.2) is 26.0 Å². The zero-order valence-corrected chi connectivity index (χ0v) is 11.0. The molecule has 1 atom stereocenters. The molecule has 0 aliphatic heterocycles. The number of aromatic nitrogens is 4. The van der Waals surface area contributed by atoms with E-state index in [9.17, 15) is 4.79 Å². The van der Waals surface area contributed by atoms with Gasteiger partial charge in [-0.3, -0.25) is 4.79 Å². The van der Waals surface area contributed by atoms with Gasteiger partial charge in [0.15, 0.2) is 5.78 Å². The third-order valence-electron chi connectivity index (χ3n) is 3.33. The Labute approximate surface area is 115 Å². The van der Waals surface area contributed by atoms with Crippen LogP contribution in [0.25, 0.3) is 11.4 Å². The highest BCUT2D eigenvalue weighted by Crippen LogP contribution is 2.24. The second-order valence-electron chi connectivity index (χ2n) is 4.67. The Morgan fingerprint density at radius 3 is 2.74 bits per heavy atom. The van der Waals surface area contributed by atoms with Gasteiger partial charge in [-0.15, -0.1) is 10.2 Å². The van der Waals surface area contributed by atoms with Crippen LogP contribution in [0.4, 0.5) is 0 Å². The van der Waals surface area contributed by atoms with E-state index >= 15 is 0 Å². The Hall–Kier alpha value is -1.75. The maximum Gasteiger partial charge on any atom is 0.204 e. The summed E-state index contributed by atoms with van der Waals surface area (Å²) >= 11 is 5.84. The van der Waals surface area contributed by atoms with Crippen LogP contribution in [0.2, 0.25) is 5.02 Å². The monoisotopic (exact) mass is 276 g/mol. The second kappa shape index (κ2) is 5.09. The summed E-state index contributed by atoms with van der Waals surface area (Å²) in [5, 5.41) is 13.0. The zero-order valence-electron chi connectivity index (χ0n) is 10.3. The molecule has 3 rings (SSSR count). The minimum atomic E-state index is -0.248. The number of carbonyl (C=O) groups excluding carboxylic acids is 1. The summed E-state index contributed by atoms with van der Waals surface area (Å²) in [5.74, 6) is 0.723. The fourth-order valence-corrected chi connectivity index (χ4v) is 2.41. The van der Waals surface area contributed by atoms with Crippen LogP contribution in [0.3, 0.4) is 0 Å². The molecule has 98 valence electrons. The fraction of sp³-hybridized carbons (Fsp3) is 0.385. The number of benzene rings is 1. The van der Waals surface area contributed by atoms with E-state index in [0.29, 0.717) is 17.3 Å². The zero-order chi connectivity index (χ0) is 13.2. The largest absolute Gasteiger partial charge is 0.297 e. The molecule has 0 N–H and O–H groups in total. The number of rotatable bonds is 2. The van der Waals surface area contributed by atoms with E-state index in [-0.39, 0.29) is 11.8 Å². The molecule has 1 heterocycles. The molecular weight excluding hydrogens is 264 g/mol.